The van der Waals surface area contributed by atoms with Crippen LogP contribution in [0.4, 0.5) is 0 Å². The Balaban J connectivity index is 2.92. The molecule has 0 bridgehead atoms. The molecule has 22 heavy (non-hydrogen) atoms. The zero-order valence-corrected chi connectivity index (χ0v) is 16.6. The molecule has 1 aliphatic rings. The number of hydrogen-bond acceptors (Lipinski definition) is 2. The van der Waals surface area contributed by atoms with Crippen LogP contribution in [-0.2, 0) is 9.47 Å². The first kappa shape index (κ1) is 19.5. The summed E-state index contributed by atoms with van der Waals surface area (Å²) in [6, 6.07) is 0. The summed E-state index contributed by atoms with van der Waals surface area (Å²) in [5, 5.41) is 0. The van der Waals surface area contributed by atoms with Crippen molar-refractivity contribution in [2.45, 2.75) is 96.9 Å². The Labute approximate surface area is 138 Å². The van der Waals surface area contributed by atoms with Crippen molar-refractivity contribution in [3.63, 3.8) is 0 Å². The highest BCUT2D eigenvalue weighted by atomic mass is 28.3. The topological polar surface area (TPSA) is 18.5 Å². The van der Waals surface area contributed by atoms with Gasteiger partial charge < -0.3 is 9.47 Å². The van der Waals surface area contributed by atoms with Gasteiger partial charge in [0.15, 0.2) is 6.29 Å². The van der Waals surface area contributed by atoms with Crippen molar-refractivity contribution in [3.05, 3.63) is 12.2 Å². The van der Waals surface area contributed by atoms with Crippen LogP contribution in [0.2, 0.25) is 16.6 Å². The summed E-state index contributed by atoms with van der Waals surface area (Å²) in [5.74, 6) is 3.47. The molecule has 1 aliphatic heterocycles. The first-order chi connectivity index (χ1) is 10.2. The van der Waals surface area contributed by atoms with E-state index in [1.807, 2.05) is 19.9 Å². The number of hydrogen-bond donors (Lipinski definition) is 0. The molecule has 0 amide bonds. The summed E-state index contributed by atoms with van der Waals surface area (Å²) in [6.45, 7) is 18.1. The quantitative estimate of drug-likeness (QED) is 0.388. The Hall–Kier alpha value is -0.563. The molecule has 0 saturated carbocycles. The van der Waals surface area contributed by atoms with Gasteiger partial charge in [0.1, 0.15) is 14.2 Å². The third-order valence-corrected chi connectivity index (χ3v) is 11.0. The van der Waals surface area contributed by atoms with E-state index >= 15 is 0 Å². The van der Waals surface area contributed by atoms with E-state index in [9.17, 15) is 0 Å². The minimum Gasteiger partial charge on any atom is -0.346 e. The fourth-order valence-electron chi connectivity index (χ4n) is 3.65. The van der Waals surface area contributed by atoms with Crippen LogP contribution in [0.1, 0.15) is 61.8 Å². The molecule has 0 aromatic rings. The highest BCUT2D eigenvalue weighted by Gasteiger charge is 2.41. The van der Waals surface area contributed by atoms with Gasteiger partial charge in [-0.05, 0) is 36.5 Å². The van der Waals surface area contributed by atoms with Gasteiger partial charge in [-0.3, -0.25) is 0 Å². The molecule has 2 nitrogen and oxygen atoms in total. The summed E-state index contributed by atoms with van der Waals surface area (Å²) in [4.78, 5) is 0. The van der Waals surface area contributed by atoms with Crippen molar-refractivity contribution in [1.29, 1.82) is 0 Å². The largest absolute Gasteiger partial charge is 0.346 e. The zero-order chi connectivity index (χ0) is 16.9. The van der Waals surface area contributed by atoms with Gasteiger partial charge in [-0.1, -0.05) is 53.5 Å². The predicted molar refractivity (Wildman–Crippen MR) is 97.5 cm³/mol. The molecule has 3 heteroatoms. The van der Waals surface area contributed by atoms with E-state index in [0.29, 0.717) is 16.6 Å². The molecule has 0 radical (unpaired) electrons. The standard InChI is InChI=1S/C19H34O2Si/c1-14(2)20-19-11-9-10-18(21-19)12-13-22(15(3)4,16(5)6)17(7)8/h9,11,14-19H,10H2,1-8H3/t18-,19-/m1/s1. The van der Waals surface area contributed by atoms with Gasteiger partial charge in [0.2, 0.25) is 0 Å². The van der Waals surface area contributed by atoms with Crippen LogP contribution in [0.5, 0.6) is 0 Å². The Morgan fingerprint density at radius 3 is 2.00 bits per heavy atom. The van der Waals surface area contributed by atoms with Crippen molar-refractivity contribution in [1.82, 2.24) is 0 Å². The summed E-state index contributed by atoms with van der Waals surface area (Å²) in [5.41, 5.74) is 5.71. The smallest absolute Gasteiger partial charge is 0.178 e. The van der Waals surface area contributed by atoms with Crippen molar-refractivity contribution >= 4 is 8.07 Å². The minimum atomic E-state index is -1.67. The van der Waals surface area contributed by atoms with Crippen molar-refractivity contribution < 1.29 is 9.47 Å². The Morgan fingerprint density at radius 2 is 1.55 bits per heavy atom. The van der Waals surface area contributed by atoms with E-state index in [1.54, 1.807) is 0 Å². The summed E-state index contributed by atoms with van der Waals surface area (Å²) in [7, 11) is -1.67. The van der Waals surface area contributed by atoms with E-state index in [-0.39, 0.29) is 18.5 Å². The van der Waals surface area contributed by atoms with Crippen molar-refractivity contribution in [2.24, 2.45) is 0 Å². The van der Waals surface area contributed by atoms with Crippen LogP contribution < -0.4 is 0 Å². The van der Waals surface area contributed by atoms with Gasteiger partial charge in [0.05, 0.1) is 6.10 Å². The number of rotatable bonds is 5. The normalized spacial score (nSPS) is 22.5. The maximum absolute atomic E-state index is 5.97. The third kappa shape index (κ3) is 4.71. The van der Waals surface area contributed by atoms with E-state index in [0.717, 1.165) is 6.42 Å². The molecule has 126 valence electrons. The molecule has 0 aromatic carbocycles. The van der Waals surface area contributed by atoms with E-state index in [4.69, 9.17) is 9.47 Å². The molecule has 2 atom stereocenters. The highest BCUT2D eigenvalue weighted by molar-refractivity contribution is 6.90. The first-order valence-corrected chi connectivity index (χ1v) is 10.9. The van der Waals surface area contributed by atoms with Gasteiger partial charge in [-0.15, -0.1) is 5.54 Å². The highest BCUT2D eigenvalue weighted by Crippen LogP contribution is 2.40. The number of ether oxygens (including phenoxy) is 2. The fraction of sp³-hybridized carbons (Fsp3) is 0.789. The summed E-state index contributed by atoms with van der Waals surface area (Å²) < 4.78 is 11.7. The molecule has 0 aromatic heterocycles. The fourth-order valence-corrected chi connectivity index (χ4v) is 8.93. The predicted octanol–water partition coefficient (Wildman–Crippen LogP) is 5.30. The maximum atomic E-state index is 5.97. The molecule has 1 rings (SSSR count). The van der Waals surface area contributed by atoms with Gasteiger partial charge in [0.25, 0.3) is 0 Å². The van der Waals surface area contributed by atoms with E-state index in [1.165, 1.54) is 0 Å². The van der Waals surface area contributed by atoms with E-state index in [2.05, 4.69) is 59.1 Å². The molecule has 0 fully saturated rings. The second kappa shape index (κ2) is 8.33. The zero-order valence-electron chi connectivity index (χ0n) is 15.6. The van der Waals surface area contributed by atoms with Crippen LogP contribution in [0, 0.1) is 11.5 Å². The summed E-state index contributed by atoms with van der Waals surface area (Å²) in [6.07, 6.45) is 4.88. The third-order valence-electron chi connectivity index (χ3n) is 4.66. The second-order valence-electron chi connectivity index (χ2n) is 7.51. The SMILES string of the molecule is CC(C)O[C@H]1C=CC[C@H](C#C[Si](C(C)C)(C(C)C)C(C)C)O1. The van der Waals surface area contributed by atoms with E-state index < -0.39 is 8.07 Å². The maximum Gasteiger partial charge on any atom is 0.178 e. The Bertz CT molecular complexity index is 405. The molecule has 0 aliphatic carbocycles. The average molecular weight is 323 g/mol. The average Bonchev–Trinajstić information content (AvgIpc) is 2.37. The summed E-state index contributed by atoms with van der Waals surface area (Å²) >= 11 is 0. The van der Waals surface area contributed by atoms with Gasteiger partial charge in [-0.25, -0.2) is 0 Å². The molecular formula is C19H34O2Si. The minimum absolute atomic E-state index is 0.0307. The first-order valence-electron chi connectivity index (χ1n) is 8.70. The second-order valence-corrected chi connectivity index (χ2v) is 13.1. The molecule has 0 saturated heterocycles. The molecule has 0 spiro atoms. The Morgan fingerprint density at radius 1 is 1.00 bits per heavy atom. The van der Waals surface area contributed by atoms with Gasteiger partial charge >= 0.3 is 0 Å². The van der Waals surface area contributed by atoms with Crippen molar-refractivity contribution in [3.8, 4) is 11.5 Å². The lowest BCUT2D eigenvalue weighted by Gasteiger charge is -2.38. The van der Waals surface area contributed by atoms with Gasteiger partial charge in [0, 0.05) is 6.42 Å². The van der Waals surface area contributed by atoms with Crippen LogP contribution in [0.3, 0.4) is 0 Å². The van der Waals surface area contributed by atoms with Crippen LogP contribution in [0.25, 0.3) is 0 Å². The monoisotopic (exact) mass is 322 g/mol. The van der Waals surface area contributed by atoms with Crippen molar-refractivity contribution in [2.75, 3.05) is 0 Å². The molecular weight excluding hydrogens is 288 g/mol. The molecule has 1 heterocycles. The van der Waals surface area contributed by atoms with Gasteiger partial charge in [-0.2, -0.15) is 0 Å². The Kier molecular flexibility index (Phi) is 7.38. The van der Waals surface area contributed by atoms with Crippen LogP contribution >= 0.6 is 0 Å². The lowest BCUT2D eigenvalue weighted by Crippen LogP contribution is -2.43. The van der Waals surface area contributed by atoms with Crippen LogP contribution in [0.15, 0.2) is 12.2 Å². The lowest BCUT2D eigenvalue weighted by molar-refractivity contribution is -0.152. The molecule has 0 unspecified atom stereocenters. The lowest BCUT2D eigenvalue weighted by atomic mass is 10.2. The van der Waals surface area contributed by atoms with Crippen LogP contribution in [-0.4, -0.2) is 26.6 Å². The molecule has 0 N–H and O–H groups in total.